The number of hydrogen-bond donors (Lipinski definition) is 4. The third-order valence-electron chi connectivity index (χ3n) is 5.29. The van der Waals surface area contributed by atoms with Crippen LogP contribution in [0.15, 0.2) is 0 Å². The maximum absolute atomic E-state index is 12.4. The SMILES string of the molecule is CCC(CC(C)C(=O)NCNC(=O)C(C)CC(CC)C(=O)NC(C)C)C(=O)NC(C)C. The van der Waals surface area contributed by atoms with E-state index in [4.69, 9.17) is 0 Å². The molecule has 8 nitrogen and oxygen atoms in total. The van der Waals surface area contributed by atoms with Crippen LogP contribution in [0.3, 0.4) is 0 Å². The zero-order valence-corrected chi connectivity index (χ0v) is 20.6. The largest absolute Gasteiger partial charge is 0.354 e. The summed E-state index contributed by atoms with van der Waals surface area (Å²) in [5.41, 5.74) is 0. The molecule has 4 atom stereocenters. The molecule has 0 rings (SSSR count). The van der Waals surface area contributed by atoms with Crippen molar-refractivity contribution in [1.82, 2.24) is 21.3 Å². The van der Waals surface area contributed by atoms with Gasteiger partial charge in [-0.25, -0.2) is 0 Å². The third kappa shape index (κ3) is 11.7. The molecular weight excluding hydrogens is 396 g/mol. The Kier molecular flexibility index (Phi) is 13.8. The molecular formula is C23H44N4O4. The lowest BCUT2D eigenvalue weighted by molar-refractivity contribution is -0.129. The maximum atomic E-state index is 12.4. The van der Waals surface area contributed by atoms with Crippen LogP contribution < -0.4 is 21.3 Å². The Balaban J connectivity index is 4.48. The van der Waals surface area contributed by atoms with Crippen molar-refractivity contribution in [2.45, 2.75) is 93.2 Å². The van der Waals surface area contributed by atoms with E-state index in [0.717, 1.165) is 0 Å². The van der Waals surface area contributed by atoms with Gasteiger partial charge < -0.3 is 21.3 Å². The zero-order valence-electron chi connectivity index (χ0n) is 20.6. The molecule has 8 heteroatoms. The van der Waals surface area contributed by atoms with Crippen LogP contribution in [0.4, 0.5) is 0 Å². The van der Waals surface area contributed by atoms with Gasteiger partial charge in [0.05, 0.1) is 6.67 Å². The minimum Gasteiger partial charge on any atom is -0.354 e. The molecule has 0 aromatic rings. The fourth-order valence-electron chi connectivity index (χ4n) is 3.36. The third-order valence-corrected chi connectivity index (χ3v) is 5.29. The lowest BCUT2D eigenvalue weighted by Crippen LogP contribution is -2.43. The molecule has 4 unspecified atom stereocenters. The summed E-state index contributed by atoms with van der Waals surface area (Å²) < 4.78 is 0. The summed E-state index contributed by atoms with van der Waals surface area (Å²) in [5.74, 6) is -1.61. The van der Waals surface area contributed by atoms with E-state index in [9.17, 15) is 19.2 Å². The molecule has 0 radical (unpaired) electrons. The van der Waals surface area contributed by atoms with Gasteiger partial charge in [0.15, 0.2) is 0 Å². The number of carbonyl (C=O) groups is 4. The van der Waals surface area contributed by atoms with E-state index in [1.807, 2.05) is 41.5 Å². The summed E-state index contributed by atoms with van der Waals surface area (Å²) in [4.78, 5) is 49.1. The monoisotopic (exact) mass is 440 g/mol. The minimum absolute atomic E-state index is 0.0241. The first-order chi connectivity index (χ1) is 14.4. The van der Waals surface area contributed by atoms with Gasteiger partial charge in [-0.3, -0.25) is 19.2 Å². The molecule has 0 aliphatic carbocycles. The maximum Gasteiger partial charge on any atom is 0.224 e. The van der Waals surface area contributed by atoms with Crippen molar-refractivity contribution in [1.29, 1.82) is 0 Å². The van der Waals surface area contributed by atoms with Crippen LogP contribution in [0.5, 0.6) is 0 Å². The minimum atomic E-state index is -0.346. The van der Waals surface area contributed by atoms with Crippen molar-refractivity contribution >= 4 is 23.6 Å². The Morgan fingerprint density at radius 1 is 0.581 bits per heavy atom. The van der Waals surface area contributed by atoms with Crippen molar-refractivity contribution < 1.29 is 19.2 Å². The lowest BCUT2D eigenvalue weighted by Gasteiger charge is -2.21. The van der Waals surface area contributed by atoms with Gasteiger partial charge in [-0.15, -0.1) is 0 Å². The highest BCUT2D eigenvalue weighted by Crippen LogP contribution is 2.17. The first-order valence-corrected chi connectivity index (χ1v) is 11.6. The van der Waals surface area contributed by atoms with Crippen LogP contribution in [-0.4, -0.2) is 42.4 Å². The van der Waals surface area contributed by atoms with Crippen LogP contribution in [0.2, 0.25) is 0 Å². The van der Waals surface area contributed by atoms with Gasteiger partial charge in [0.2, 0.25) is 23.6 Å². The average molecular weight is 441 g/mol. The van der Waals surface area contributed by atoms with Crippen LogP contribution in [0.25, 0.3) is 0 Å². The van der Waals surface area contributed by atoms with Crippen molar-refractivity contribution in [2.75, 3.05) is 6.67 Å². The van der Waals surface area contributed by atoms with Crippen molar-refractivity contribution in [3.05, 3.63) is 0 Å². The van der Waals surface area contributed by atoms with E-state index in [0.29, 0.717) is 25.7 Å². The first-order valence-electron chi connectivity index (χ1n) is 11.6. The lowest BCUT2D eigenvalue weighted by atomic mass is 9.92. The van der Waals surface area contributed by atoms with Gasteiger partial charge in [0.25, 0.3) is 0 Å². The van der Waals surface area contributed by atoms with Crippen LogP contribution >= 0.6 is 0 Å². The molecule has 4 amide bonds. The summed E-state index contributed by atoms with van der Waals surface area (Å²) in [6, 6.07) is 0.123. The van der Waals surface area contributed by atoms with Gasteiger partial charge in [0, 0.05) is 35.8 Å². The molecule has 0 aromatic carbocycles. The molecule has 0 aliphatic heterocycles. The van der Waals surface area contributed by atoms with E-state index in [-0.39, 0.29) is 66.1 Å². The molecule has 4 N–H and O–H groups in total. The van der Waals surface area contributed by atoms with E-state index in [1.165, 1.54) is 0 Å². The summed E-state index contributed by atoms with van der Waals surface area (Å²) >= 11 is 0. The van der Waals surface area contributed by atoms with Gasteiger partial charge >= 0.3 is 0 Å². The molecule has 31 heavy (non-hydrogen) atoms. The first kappa shape index (κ1) is 28.9. The van der Waals surface area contributed by atoms with E-state index < -0.39 is 0 Å². The van der Waals surface area contributed by atoms with E-state index in [1.54, 1.807) is 13.8 Å². The molecule has 0 aliphatic rings. The number of hydrogen-bond acceptors (Lipinski definition) is 4. The number of amides is 4. The van der Waals surface area contributed by atoms with Gasteiger partial charge in [-0.2, -0.15) is 0 Å². The fourth-order valence-corrected chi connectivity index (χ4v) is 3.36. The highest BCUT2D eigenvalue weighted by molar-refractivity contribution is 5.83. The van der Waals surface area contributed by atoms with Gasteiger partial charge in [0.1, 0.15) is 0 Å². The second-order valence-electron chi connectivity index (χ2n) is 9.07. The number of nitrogens with one attached hydrogen (secondary N) is 4. The summed E-state index contributed by atoms with van der Waals surface area (Å²) in [6.07, 6.45) is 2.23. The second-order valence-corrected chi connectivity index (χ2v) is 9.07. The Bertz CT molecular complexity index is 542. The molecule has 0 saturated heterocycles. The predicted molar refractivity (Wildman–Crippen MR) is 123 cm³/mol. The predicted octanol–water partition coefficient (Wildman–Crippen LogP) is 2.33. The van der Waals surface area contributed by atoms with Crippen LogP contribution in [0.1, 0.15) is 81.1 Å². The van der Waals surface area contributed by atoms with Gasteiger partial charge in [-0.05, 0) is 53.4 Å². The molecule has 0 aromatic heterocycles. The standard InChI is InChI=1S/C23H44N4O4/c1-9-18(22(30)26-14(3)4)11-16(7)20(28)24-13-25-21(29)17(8)12-19(10-2)23(31)27-15(5)6/h14-19H,9-13H2,1-8H3,(H,24,28)(H,25,29)(H,26,30)(H,27,31). The summed E-state index contributed by atoms with van der Waals surface area (Å²) in [5, 5.41) is 11.2. The number of carbonyl (C=O) groups excluding carboxylic acids is 4. The molecule has 0 fully saturated rings. The molecule has 0 saturated carbocycles. The Labute approximate surface area is 188 Å². The normalized spacial score (nSPS) is 15.0. The molecule has 0 spiro atoms. The Hall–Kier alpha value is -2.12. The van der Waals surface area contributed by atoms with Crippen molar-refractivity contribution in [2.24, 2.45) is 23.7 Å². The highest BCUT2D eigenvalue weighted by Gasteiger charge is 2.25. The highest BCUT2D eigenvalue weighted by atomic mass is 16.2. The summed E-state index contributed by atoms with van der Waals surface area (Å²) in [7, 11) is 0. The molecule has 0 heterocycles. The average Bonchev–Trinajstić information content (AvgIpc) is 2.67. The van der Waals surface area contributed by atoms with Crippen molar-refractivity contribution in [3.63, 3.8) is 0 Å². The second kappa shape index (κ2) is 14.8. The quantitative estimate of drug-likeness (QED) is 0.310. The van der Waals surface area contributed by atoms with Gasteiger partial charge in [-0.1, -0.05) is 27.7 Å². The van der Waals surface area contributed by atoms with Crippen LogP contribution in [-0.2, 0) is 19.2 Å². The topological polar surface area (TPSA) is 116 Å². The zero-order chi connectivity index (χ0) is 24.1. The Morgan fingerprint density at radius 3 is 1.16 bits per heavy atom. The van der Waals surface area contributed by atoms with E-state index >= 15 is 0 Å². The fraction of sp³-hybridized carbons (Fsp3) is 0.826. The smallest absolute Gasteiger partial charge is 0.224 e. The number of rotatable bonds is 14. The molecule has 180 valence electrons. The van der Waals surface area contributed by atoms with Crippen LogP contribution in [0, 0.1) is 23.7 Å². The molecule has 0 bridgehead atoms. The van der Waals surface area contributed by atoms with E-state index in [2.05, 4.69) is 21.3 Å². The van der Waals surface area contributed by atoms with Crippen molar-refractivity contribution in [3.8, 4) is 0 Å². The Morgan fingerprint density at radius 2 is 0.903 bits per heavy atom. The summed E-state index contributed by atoms with van der Waals surface area (Å²) in [6.45, 7) is 15.1.